The zero-order chi connectivity index (χ0) is 22.2. The van der Waals surface area contributed by atoms with E-state index in [1.807, 2.05) is 24.1 Å². The van der Waals surface area contributed by atoms with Crippen LogP contribution in [0.4, 0.5) is 0 Å². The first-order valence-corrected chi connectivity index (χ1v) is 11.5. The van der Waals surface area contributed by atoms with Crippen LogP contribution >= 0.6 is 12.8 Å². The zero-order valence-electron chi connectivity index (χ0n) is 18.4. The average Bonchev–Trinajstić information content (AvgIpc) is 3.09. The van der Waals surface area contributed by atoms with Crippen molar-refractivity contribution in [2.75, 3.05) is 20.1 Å². The normalized spacial score (nSPS) is 21.6. The van der Waals surface area contributed by atoms with Crippen LogP contribution in [-0.4, -0.2) is 43.2 Å². The summed E-state index contributed by atoms with van der Waals surface area (Å²) in [5, 5.41) is 6.67. The number of allylic oxidation sites excluding steroid dienone is 2. The molecule has 0 bridgehead atoms. The lowest BCUT2D eigenvalue weighted by Crippen LogP contribution is -2.39. The minimum Gasteiger partial charge on any atom is -0.390 e. The molecular weight excluding hydrogens is 404 g/mol. The van der Waals surface area contributed by atoms with Crippen molar-refractivity contribution in [2.24, 2.45) is 4.40 Å². The van der Waals surface area contributed by atoms with E-state index >= 15 is 0 Å². The van der Waals surface area contributed by atoms with Crippen LogP contribution in [0.25, 0.3) is 0 Å². The van der Waals surface area contributed by atoms with Crippen molar-refractivity contribution in [1.82, 2.24) is 15.5 Å². The van der Waals surface area contributed by atoms with Gasteiger partial charge in [-0.2, -0.15) is 0 Å². The number of amides is 1. The number of fused-ring (bicyclic) bond motifs is 1. The number of carbonyl (C=O) groups excluding carboxylic acids is 1. The molecule has 1 amide bonds. The first-order chi connectivity index (χ1) is 15.1. The Morgan fingerprint density at radius 2 is 2.29 bits per heavy atom. The number of carbonyl (C=O) groups is 1. The van der Waals surface area contributed by atoms with Crippen molar-refractivity contribution < 1.29 is 4.79 Å². The Labute approximate surface area is 191 Å². The predicted octanol–water partition coefficient (Wildman–Crippen LogP) is 4.41. The summed E-state index contributed by atoms with van der Waals surface area (Å²) in [5.41, 5.74) is 5.50. The van der Waals surface area contributed by atoms with E-state index in [4.69, 9.17) is 0 Å². The van der Waals surface area contributed by atoms with E-state index in [-0.39, 0.29) is 11.9 Å². The quantitative estimate of drug-likeness (QED) is 0.320. The topological polar surface area (TPSA) is 56.7 Å². The number of nitrogens with one attached hydrogen (secondary N) is 2. The van der Waals surface area contributed by atoms with Crippen LogP contribution in [0.5, 0.6) is 0 Å². The Hall–Kier alpha value is -2.31. The standard InChI is InChI=1S/C25H34N4OS/c1-4-5-6-24(18(2)26-3)29-17-22-15-21(9-10-23(22)25(29)30)20-8-7-19(11-14-28-31)16-27-13-12-20/h4,9-11,14-15,20,24,26-27,31H,1-2,5-8,12-13,16-17H2,3H3/b19-11+,28-14-. The van der Waals surface area contributed by atoms with Crippen LogP contribution in [0.1, 0.15) is 59.5 Å². The maximum atomic E-state index is 13.1. The van der Waals surface area contributed by atoms with Crippen LogP contribution in [-0.2, 0) is 6.54 Å². The van der Waals surface area contributed by atoms with Crippen LogP contribution in [0.2, 0.25) is 0 Å². The average molecular weight is 439 g/mol. The Morgan fingerprint density at radius 3 is 3.03 bits per heavy atom. The number of rotatable bonds is 8. The van der Waals surface area contributed by atoms with E-state index in [0.29, 0.717) is 12.5 Å². The largest absolute Gasteiger partial charge is 0.390 e. The summed E-state index contributed by atoms with van der Waals surface area (Å²) >= 11 is 3.91. The molecule has 0 aromatic heterocycles. The summed E-state index contributed by atoms with van der Waals surface area (Å²) in [6, 6.07) is 6.40. The lowest BCUT2D eigenvalue weighted by atomic mass is 9.87. The van der Waals surface area contributed by atoms with Crippen LogP contribution < -0.4 is 10.6 Å². The number of hydrogen-bond acceptors (Lipinski definition) is 5. The molecule has 31 heavy (non-hydrogen) atoms. The Balaban J connectivity index is 1.77. The lowest BCUT2D eigenvalue weighted by molar-refractivity contribution is 0.0719. The molecule has 0 radical (unpaired) electrons. The fourth-order valence-electron chi connectivity index (χ4n) is 4.56. The molecule has 0 spiro atoms. The molecule has 2 N–H and O–H groups in total. The first-order valence-electron chi connectivity index (χ1n) is 11.1. The second-order valence-corrected chi connectivity index (χ2v) is 8.53. The maximum absolute atomic E-state index is 13.1. The van der Waals surface area contributed by atoms with Gasteiger partial charge in [-0.3, -0.25) is 4.79 Å². The molecule has 2 atom stereocenters. The van der Waals surface area contributed by atoms with Gasteiger partial charge in [0, 0.05) is 37.6 Å². The van der Waals surface area contributed by atoms with Crippen molar-refractivity contribution in [3.8, 4) is 0 Å². The summed E-state index contributed by atoms with van der Waals surface area (Å²) in [6.07, 6.45) is 10.6. The van der Waals surface area contributed by atoms with Crippen molar-refractivity contribution in [3.05, 3.63) is 71.5 Å². The fourth-order valence-corrected chi connectivity index (χ4v) is 4.63. The summed E-state index contributed by atoms with van der Waals surface area (Å²) < 4.78 is 3.78. The fraction of sp³-hybridized carbons (Fsp3) is 0.440. The zero-order valence-corrected chi connectivity index (χ0v) is 19.3. The van der Waals surface area contributed by atoms with Gasteiger partial charge in [0.1, 0.15) is 0 Å². The van der Waals surface area contributed by atoms with Gasteiger partial charge in [-0.15, -0.1) is 6.58 Å². The Bertz CT molecular complexity index is 876. The van der Waals surface area contributed by atoms with Crippen molar-refractivity contribution in [3.63, 3.8) is 0 Å². The van der Waals surface area contributed by atoms with Gasteiger partial charge in [0.25, 0.3) is 5.91 Å². The molecule has 1 aromatic rings. The molecule has 2 aliphatic rings. The van der Waals surface area contributed by atoms with Gasteiger partial charge < -0.3 is 15.5 Å². The van der Waals surface area contributed by atoms with Gasteiger partial charge in [0.2, 0.25) is 0 Å². The monoisotopic (exact) mass is 438 g/mol. The maximum Gasteiger partial charge on any atom is 0.255 e. The van der Waals surface area contributed by atoms with Gasteiger partial charge >= 0.3 is 0 Å². The lowest BCUT2D eigenvalue weighted by Gasteiger charge is -2.29. The highest BCUT2D eigenvalue weighted by molar-refractivity contribution is 7.78. The highest BCUT2D eigenvalue weighted by Crippen LogP contribution is 2.33. The molecule has 0 saturated carbocycles. The third-order valence-corrected chi connectivity index (χ3v) is 6.52. The van der Waals surface area contributed by atoms with E-state index in [1.165, 1.54) is 11.1 Å². The molecule has 0 aliphatic carbocycles. The summed E-state index contributed by atoms with van der Waals surface area (Å²) in [5.74, 6) is 0.574. The van der Waals surface area contributed by atoms with E-state index in [1.54, 1.807) is 6.21 Å². The number of benzene rings is 1. The van der Waals surface area contributed by atoms with Gasteiger partial charge in [-0.1, -0.05) is 30.4 Å². The van der Waals surface area contributed by atoms with Gasteiger partial charge in [0.15, 0.2) is 0 Å². The Morgan fingerprint density at radius 1 is 1.45 bits per heavy atom. The predicted molar refractivity (Wildman–Crippen MR) is 133 cm³/mol. The first kappa shape index (κ1) is 23.4. The molecule has 2 unspecified atom stereocenters. The molecule has 1 saturated heterocycles. The molecule has 166 valence electrons. The second kappa shape index (κ2) is 11.3. The molecule has 5 nitrogen and oxygen atoms in total. The SMILES string of the molecule is C=CCCC(C(=C)NC)N1Cc2cc(C3CCNC/C(=C/C=N\S)CC3)ccc2C1=O. The smallest absolute Gasteiger partial charge is 0.255 e. The highest BCUT2D eigenvalue weighted by Gasteiger charge is 2.34. The molecular formula is C25H34N4OS. The number of likely N-dealkylation sites (N-methyl/N-ethyl adjacent to an activating group) is 1. The molecule has 2 heterocycles. The number of nitrogens with zero attached hydrogens (tertiary/aromatic N) is 2. The molecule has 3 rings (SSSR count). The molecule has 6 heteroatoms. The van der Waals surface area contributed by atoms with Crippen LogP contribution in [0.15, 0.2) is 59.2 Å². The van der Waals surface area contributed by atoms with E-state index in [0.717, 1.165) is 62.0 Å². The van der Waals surface area contributed by atoms with Gasteiger partial charge in [-0.25, -0.2) is 4.40 Å². The molecule has 2 aliphatic heterocycles. The summed E-state index contributed by atoms with van der Waals surface area (Å²) in [7, 11) is 1.86. The van der Waals surface area contributed by atoms with Crippen molar-refractivity contribution in [1.29, 1.82) is 0 Å². The number of hydrogen-bond donors (Lipinski definition) is 3. The minimum atomic E-state index is -0.0295. The highest BCUT2D eigenvalue weighted by atomic mass is 32.1. The second-order valence-electron chi connectivity index (χ2n) is 8.30. The summed E-state index contributed by atoms with van der Waals surface area (Å²) in [4.78, 5) is 15.1. The van der Waals surface area contributed by atoms with Gasteiger partial charge in [0.05, 0.1) is 6.04 Å². The van der Waals surface area contributed by atoms with E-state index in [9.17, 15) is 4.79 Å². The van der Waals surface area contributed by atoms with E-state index < -0.39 is 0 Å². The van der Waals surface area contributed by atoms with Crippen LogP contribution in [0.3, 0.4) is 0 Å². The Kier molecular flexibility index (Phi) is 8.55. The van der Waals surface area contributed by atoms with Crippen molar-refractivity contribution >= 4 is 24.9 Å². The summed E-state index contributed by atoms with van der Waals surface area (Å²) in [6.45, 7) is 10.5. The van der Waals surface area contributed by atoms with E-state index in [2.05, 4.69) is 59.2 Å². The number of thiol groups is 1. The van der Waals surface area contributed by atoms with Crippen LogP contribution in [0, 0.1) is 0 Å². The minimum absolute atomic E-state index is 0.0295. The van der Waals surface area contributed by atoms with Crippen molar-refractivity contribution in [2.45, 2.75) is 50.6 Å². The third-order valence-electron chi connectivity index (χ3n) is 6.39. The third kappa shape index (κ3) is 5.69. The molecule has 1 fully saturated rings. The van der Waals surface area contributed by atoms with Gasteiger partial charge in [-0.05, 0) is 80.7 Å². The molecule has 1 aromatic carbocycles.